The molecule has 3 rings (SSSR count). The van der Waals surface area contributed by atoms with E-state index >= 15 is 0 Å². The Hall–Kier alpha value is -1.82. The number of nitrogen functional groups attached to an aromatic ring is 1. The SMILES string of the molecule is Cc1nn(C)c(N)c1CN1CCn2ccnc2C1. The summed E-state index contributed by atoms with van der Waals surface area (Å²) in [5.41, 5.74) is 8.20. The van der Waals surface area contributed by atoms with Crippen molar-refractivity contribution >= 4 is 5.82 Å². The van der Waals surface area contributed by atoms with Crippen LogP contribution in [-0.2, 0) is 26.7 Å². The van der Waals surface area contributed by atoms with Crippen molar-refractivity contribution in [2.45, 2.75) is 26.6 Å². The number of hydrogen-bond acceptors (Lipinski definition) is 4. The van der Waals surface area contributed by atoms with Gasteiger partial charge in [0.25, 0.3) is 0 Å². The highest BCUT2D eigenvalue weighted by Crippen LogP contribution is 2.20. The van der Waals surface area contributed by atoms with Gasteiger partial charge < -0.3 is 10.3 Å². The molecular formula is C12H18N6. The first kappa shape index (κ1) is 11.3. The zero-order valence-corrected chi connectivity index (χ0v) is 10.8. The van der Waals surface area contributed by atoms with Gasteiger partial charge in [0.2, 0.25) is 0 Å². The van der Waals surface area contributed by atoms with E-state index in [1.165, 1.54) is 0 Å². The Kier molecular flexibility index (Phi) is 2.59. The van der Waals surface area contributed by atoms with E-state index in [0.29, 0.717) is 0 Å². The van der Waals surface area contributed by atoms with Gasteiger partial charge in [0.1, 0.15) is 11.6 Å². The Morgan fingerprint density at radius 1 is 1.39 bits per heavy atom. The molecule has 2 aromatic rings. The Morgan fingerprint density at radius 2 is 2.22 bits per heavy atom. The fourth-order valence-electron chi connectivity index (χ4n) is 2.50. The number of rotatable bonds is 2. The van der Waals surface area contributed by atoms with Crippen molar-refractivity contribution in [3.05, 3.63) is 29.5 Å². The standard InChI is InChI=1S/C12H18N6/c1-9-10(12(13)16(2)15-9)7-17-5-6-18-4-3-14-11(18)8-17/h3-4H,5-8,13H2,1-2H3. The van der Waals surface area contributed by atoms with E-state index in [1.807, 2.05) is 26.4 Å². The van der Waals surface area contributed by atoms with Gasteiger partial charge in [-0.2, -0.15) is 5.10 Å². The van der Waals surface area contributed by atoms with Crippen molar-refractivity contribution in [1.29, 1.82) is 0 Å². The fourth-order valence-corrected chi connectivity index (χ4v) is 2.50. The van der Waals surface area contributed by atoms with Crippen molar-refractivity contribution in [2.75, 3.05) is 12.3 Å². The molecule has 0 aliphatic carbocycles. The lowest BCUT2D eigenvalue weighted by Gasteiger charge is -2.27. The number of fused-ring (bicyclic) bond motifs is 1. The number of nitrogens with two attached hydrogens (primary N) is 1. The molecule has 2 aromatic heterocycles. The topological polar surface area (TPSA) is 64.9 Å². The van der Waals surface area contributed by atoms with Crippen LogP contribution >= 0.6 is 0 Å². The Balaban J connectivity index is 1.78. The number of hydrogen-bond donors (Lipinski definition) is 1. The van der Waals surface area contributed by atoms with E-state index in [4.69, 9.17) is 5.73 Å². The molecule has 0 fully saturated rings. The second-order valence-corrected chi connectivity index (χ2v) is 4.82. The normalized spacial score (nSPS) is 15.9. The van der Waals surface area contributed by atoms with Crippen molar-refractivity contribution in [1.82, 2.24) is 24.2 Å². The van der Waals surface area contributed by atoms with Crippen LogP contribution in [0.1, 0.15) is 17.1 Å². The maximum absolute atomic E-state index is 6.05. The Morgan fingerprint density at radius 3 is 2.94 bits per heavy atom. The molecule has 2 N–H and O–H groups in total. The summed E-state index contributed by atoms with van der Waals surface area (Å²) < 4.78 is 3.95. The number of aryl methyl sites for hydroxylation is 2. The molecule has 6 nitrogen and oxygen atoms in total. The highest BCUT2D eigenvalue weighted by molar-refractivity contribution is 5.42. The minimum absolute atomic E-state index is 0.765. The van der Waals surface area contributed by atoms with Crippen molar-refractivity contribution < 1.29 is 0 Å². The second kappa shape index (κ2) is 4.13. The van der Waals surface area contributed by atoms with Gasteiger partial charge >= 0.3 is 0 Å². The molecule has 0 bridgehead atoms. The lowest BCUT2D eigenvalue weighted by Crippen LogP contribution is -2.33. The molecule has 0 radical (unpaired) electrons. The number of anilines is 1. The Labute approximate surface area is 106 Å². The van der Waals surface area contributed by atoms with Crippen LogP contribution in [0.15, 0.2) is 12.4 Å². The smallest absolute Gasteiger partial charge is 0.126 e. The summed E-state index contributed by atoms with van der Waals surface area (Å²) in [7, 11) is 1.88. The molecule has 3 heterocycles. The molecule has 0 unspecified atom stereocenters. The molecule has 1 aliphatic rings. The molecule has 0 saturated heterocycles. The van der Waals surface area contributed by atoms with Crippen LogP contribution in [0.3, 0.4) is 0 Å². The van der Waals surface area contributed by atoms with Gasteiger partial charge in [-0.3, -0.25) is 9.58 Å². The molecule has 0 saturated carbocycles. The van der Waals surface area contributed by atoms with E-state index < -0.39 is 0 Å². The van der Waals surface area contributed by atoms with Crippen LogP contribution in [0, 0.1) is 6.92 Å². The first-order chi connectivity index (χ1) is 8.65. The number of aromatic nitrogens is 4. The molecule has 96 valence electrons. The summed E-state index contributed by atoms with van der Waals surface area (Å²) in [5, 5.41) is 4.35. The molecule has 18 heavy (non-hydrogen) atoms. The van der Waals surface area contributed by atoms with E-state index in [9.17, 15) is 0 Å². The first-order valence-corrected chi connectivity index (χ1v) is 6.15. The van der Waals surface area contributed by atoms with Gasteiger partial charge in [0, 0.05) is 44.6 Å². The third-order valence-electron chi connectivity index (χ3n) is 3.60. The summed E-state index contributed by atoms with van der Waals surface area (Å²) >= 11 is 0. The van der Waals surface area contributed by atoms with Crippen molar-refractivity contribution in [3.63, 3.8) is 0 Å². The summed E-state index contributed by atoms with van der Waals surface area (Å²) in [6.45, 7) is 5.75. The average molecular weight is 246 g/mol. The number of imidazole rings is 1. The summed E-state index contributed by atoms with van der Waals surface area (Å²) in [6, 6.07) is 0. The lowest BCUT2D eigenvalue weighted by molar-refractivity contribution is 0.209. The molecule has 6 heteroatoms. The van der Waals surface area contributed by atoms with Crippen LogP contribution in [-0.4, -0.2) is 30.8 Å². The van der Waals surface area contributed by atoms with E-state index in [0.717, 1.165) is 49.1 Å². The van der Waals surface area contributed by atoms with Crippen LogP contribution in [0.5, 0.6) is 0 Å². The largest absolute Gasteiger partial charge is 0.384 e. The van der Waals surface area contributed by atoms with Crippen LogP contribution in [0.25, 0.3) is 0 Å². The molecule has 0 atom stereocenters. The fraction of sp³-hybridized carbons (Fsp3) is 0.500. The third-order valence-corrected chi connectivity index (χ3v) is 3.60. The first-order valence-electron chi connectivity index (χ1n) is 6.15. The van der Waals surface area contributed by atoms with Gasteiger partial charge in [-0.25, -0.2) is 4.98 Å². The molecule has 0 aromatic carbocycles. The minimum atomic E-state index is 0.765. The van der Waals surface area contributed by atoms with Gasteiger partial charge in [0.05, 0.1) is 12.2 Å². The third kappa shape index (κ3) is 1.78. The summed E-state index contributed by atoms with van der Waals surface area (Å²) in [4.78, 5) is 6.73. The second-order valence-electron chi connectivity index (χ2n) is 4.82. The number of nitrogens with zero attached hydrogens (tertiary/aromatic N) is 5. The van der Waals surface area contributed by atoms with E-state index in [1.54, 1.807) is 4.68 Å². The maximum atomic E-state index is 6.05. The zero-order valence-electron chi connectivity index (χ0n) is 10.8. The van der Waals surface area contributed by atoms with Crippen LogP contribution in [0.2, 0.25) is 0 Å². The van der Waals surface area contributed by atoms with Gasteiger partial charge in [-0.1, -0.05) is 0 Å². The summed E-state index contributed by atoms with van der Waals surface area (Å²) in [6.07, 6.45) is 3.90. The maximum Gasteiger partial charge on any atom is 0.126 e. The molecule has 1 aliphatic heterocycles. The predicted octanol–water partition coefficient (Wildman–Crippen LogP) is 0.523. The highest BCUT2D eigenvalue weighted by Gasteiger charge is 2.19. The van der Waals surface area contributed by atoms with Gasteiger partial charge in [0.15, 0.2) is 0 Å². The molecular weight excluding hydrogens is 228 g/mol. The lowest BCUT2D eigenvalue weighted by atomic mass is 10.2. The average Bonchev–Trinajstić information content (AvgIpc) is 2.89. The van der Waals surface area contributed by atoms with Crippen molar-refractivity contribution in [2.24, 2.45) is 7.05 Å². The van der Waals surface area contributed by atoms with Crippen LogP contribution in [0.4, 0.5) is 5.82 Å². The van der Waals surface area contributed by atoms with Gasteiger partial charge in [-0.05, 0) is 6.92 Å². The van der Waals surface area contributed by atoms with Crippen molar-refractivity contribution in [3.8, 4) is 0 Å². The molecule has 0 spiro atoms. The van der Waals surface area contributed by atoms with E-state index in [2.05, 4.69) is 19.5 Å². The van der Waals surface area contributed by atoms with Gasteiger partial charge in [-0.15, -0.1) is 0 Å². The zero-order chi connectivity index (χ0) is 12.7. The highest BCUT2D eigenvalue weighted by atomic mass is 15.3. The minimum Gasteiger partial charge on any atom is -0.384 e. The predicted molar refractivity (Wildman–Crippen MR) is 68.7 cm³/mol. The van der Waals surface area contributed by atoms with E-state index in [-0.39, 0.29) is 0 Å². The quantitative estimate of drug-likeness (QED) is 0.839. The summed E-state index contributed by atoms with van der Waals surface area (Å²) in [5.74, 6) is 1.89. The Bertz CT molecular complexity index is 567. The molecule has 0 amide bonds. The van der Waals surface area contributed by atoms with Crippen LogP contribution < -0.4 is 5.73 Å². The monoisotopic (exact) mass is 246 g/mol.